The van der Waals surface area contributed by atoms with Crippen LogP contribution in [0.25, 0.3) is 11.4 Å². The number of anilines is 1. The number of hydrogen-bond acceptors (Lipinski definition) is 5. The molecule has 0 spiro atoms. The molecular formula is C22H26N6O. The van der Waals surface area contributed by atoms with Crippen LogP contribution in [-0.4, -0.2) is 43.4 Å². The van der Waals surface area contributed by atoms with Crippen molar-refractivity contribution >= 4 is 11.7 Å². The molecule has 0 bridgehead atoms. The van der Waals surface area contributed by atoms with Gasteiger partial charge in [0.1, 0.15) is 11.6 Å². The van der Waals surface area contributed by atoms with E-state index in [0.29, 0.717) is 11.6 Å². The highest BCUT2D eigenvalue weighted by Crippen LogP contribution is 2.22. The molecule has 0 radical (unpaired) electrons. The molecule has 1 fully saturated rings. The summed E-state index contributed by atoms with van der Waals surface area (Å²) in [7, 11) is 2.01. The summed E-state index contributed by atoms with van der Waals surface area (Å²) in [5.74, 6) is 2.29. The Balaban J connectivity index is 1.36. The standard InChI is InChI=1S/C22H26N6O/c1-16-14-19(25-21(24-16)17-6-4-3-5-7-17)26-22(29)18-8-11-28(12-9-18)15-20-23-10-13-27(20)2/h3-7,10,13-14,18H,8-9,11-12,15H2,1-2H3,(H,24,25,26,29). The van der Waals surface area contributed by atoms with E-state index < -0.39 is 0 Å². The largest absolute Gasteiger partial charge is 0.337 e. The number of carbonyl (C=O) groups is 1. The molecule has 1 aromatic carbocycles. The molecule has 1 saturated heterocycles. The van der Waals surface area contributed by atoms with Gasteiger partial charge in [-0.1, -0.05) is 30.3 Å². The molecule has 1 aliphatic rings. The zero-order valence-electron chi connectivity index (χ0n) is 16.9. The summed E-state index contributed by atoms with van der Waals surface area (Å²) in [6, 6.07) is 11.6. The number of likely N-dealkylation sites (tertiary alicyclic amines) is 1. The Kier molecular flexibility index (Phi) is 5.67. The molecule has 1 aliphatic heterocycles. The van der Waals surface area contributed by atoms with Crippen molar-refractivity contribution in [3.05, 3.63) is 60.3 Å². The molecule has 0 atom stereocenters. The summed E-state index contributed by atoms with van der Waals surface area (Å²) in [6.45, 7) is 4.52. The fourth-order valence-electron chi connectivity index (χ4n) is 3.68. The minimum Gasteiger partial charge on any atom is -0.337 e. The number of aryl methyl sites for hydroxylation is 2. The Hall–Kier alpha value is -3.06. The van der Waals surface area contributed by atoms with Gasteiger partial charge < -0.3 is 9.88 Å². The van der Waals surface area contributed by atoms with Gasteiger partial charge in [-0.05, 0) is 32.9 Å². The summed E-state index contributed by atoms with van der Waals surface area (Å²) >= 11 is 0. The SMILES string of the molecule is Cc1cc(NC(=O)C2CCN(Cc3nccn3C)CC2)nc(-c2ccccc2)n1. The lowest BCUT2D eigenvalue weighted by atomic mass is 9.96. The average Bonchev–Trinajstić information content (AvgIpc) is 3.13. The zero-order chi connectivity index (χ0) is 20.2. The van der Waals surface area contributed by atoms with Crippen LogP contribution in [0.1, 0.15) is 24.4 Å². The predicted molar refractivity (Wildman–Crippen MR) is 112 cm³/mol. The van der Waals surface area contributed by atoms with Crippen LogP contribution in [0.3, 0.4) is 0 Å². The molecule has 0 unspecified atom stereocenters. The van der Waals surface area contributed by atoms with Crippen molar-refractivity contribution in [1.82, 2.24) is 24.4 Å². The average molecular weight is 390 g/mol. The maximum absolute atomic E-state index is 12.8. The normalized spacial score (nSPS) is 15.4. The van der Waals surface area contributed by atoms with Crippen LogP contribution in [0.4, 0.5) is 5.82 Å². The van der Waals surface area contributed by atoms with E-state index in [4.69, 9.17) is 0 Å². The summed E-state index contributed by atoms with van der Waals surface area (Å²) in [5.41, 5.74) is 1.77. The first-order chi connectivity index (χ1) is 14.1. The molecule has 7 heteroatoms. The molecular weight excluding hydrogens is 364 g/mol. The van der Waals surface area contributed by atoms with Gasteiger partial charge in [0.2, 0.25) is 5.91 Å². The van der Waals surface area contributed by atoms with E-state index in [2.05, 4.69) is 25.2 Å². The first kappa shape index (κ1) is 19.3. The number of benzene rings is 1. The zero-order valence-corrected chi connectivity index (χ0v) is 16.9. The number of piperidine rings is 1. The minimum atomic E-state index is 0.00284. The van der Waals surface area contributed by atoms with E-state index in [1.165, 1.54) is 0 Å². The van der Waals surface area contributed by atoms with E-state index in [-0.39, 0.29) is 11.8 Å². The van der Waals surface area contributed by atoms with E-state index >= 15 is 0 Å². The van der Waals surface area contributed by atoms with Crippen LogP contribution >= 0.6 is 0 Å². The lowest BCUT2D eigenvalue weighted by Crippen LogP contribution is -2.38. The predicted octanol–water partition coefficient (Wildman–Crippen LogP) is 3.04. The van der Waals surface area contributed by atoms with Gasteiger partial charge in [-0.25, -0.2) is 15.0 Å². The topological polar surface area (TPSA) is 75.9 Å². The Bertz CT molecular complexity index is 976. The quantitative estimate of drug-likeness (QED) is 0.725. The molecule has 3 aromatic rings. The maximum atomic E-state index is 12.8. The van der Waals surface area contributed by atoms with Gasteiger partial charge >= 0.3 is 0 Å². The fourth-order valence-corrected chi connectivity index (χ4v) is 3.68. The van der Waals surface area contributed by atoms with Gasteiger partial charge in [-0.15, -0.1) is 0 Å². The van der Waals surface area contributed by atoms with Crippen LogP contribution in [-0.2, 0) is 18.4 Å². The van der Waals surface area contributed by atoms with Crippen LogP contribution < -0.4 is 5.32 Å². The highest BCUT2D eigenvalue weighted by molar-refractivity contribution is 5.92. The summed E-state index contributed by atoms with van der Waals surface area (Å²) < 4.78 is 2.04. The molecule has 0 aliphatic carbocycles. The van der Waals surface area contributed by atoms with Crippen molar-refractivity contribution in [1.29, 1.82) is 0 Å². The van der Waals surface area contributed by atoms with Crippen LogP contribution in [0, 0.1) is 12.8 Å². The van der Waals surface area contributed by atoms with E-state index in [1.807, 2.05) is 67.3 Å². The van der Waals surface area contributed by atoms with Gasteiger partial charge in [0, 0.05) is 42.7 Å². The lowest BCUT2D eigenvalue weighted by Gasteiger charge is -2.30. The third-order valence-electron chi connectivity index (χ3n) is 5.38. The van der Waals surface area contributed by atoms with Crippen LogP contribution in [0.5, 0.6) is 0 Å². The number of nitrogens with zero attached hydrogens (tertiary/aromatic N) is 5. The molecule has 150 valence electrons. The highest BCUT2D eigenvalue weighted by Gasteiger charge is 2.26. The van der Waals surface area contributed by atoms with E-state index in [9.17, 15) is 4.79 Å². The van der Waals surface area contributed by atoms with Crippen molar-refractivity contribution < 1.29 is 4.79 Å². The van der Waals surface area contributed by atoms with Crippen molar-refractivity contribution in [3.8, 4) is 11.4 Å². The fraction of sp³-hybridized carbons (Fsp3) is 0.364. The Morgan fingerprint density at radius 2 is 1.93 bits per heavy atom. The Labute approximate surface area is 170 Å². The van der Waals surface area contributed by atoms with Crippen molar-refractivity contribution in [3.63, 3.8) is 0 Å². The number of aromatic nitrogens is 4. The summed E-state index contributed by atoms with van der Waals surface area (Å²) in [4.78, 5) is 28.6. The number of carbonyl (C=O) groups excluding carboxylic acids is 1. The Morgan fingerprint density at radius 3 is 2.62 bits per heavy atom. The molecule has 1 amide bonds. The van der Waals surface area contributed by atoms with E-state index in [0.717, 1.165) is 49.6 Å². The summed E-state index contributed by atoms with van der Waals surface area (Å²) in [5, 5.41) is 3.01. The number of rotatable bonds is 5. The number of imidazole rings is 1. The van der Waals surface area contributed by atoms with Gasteiger partial charge in [-0.3, -0.25) is 9.69 Å². The van der Waals surface area contributed by atoms with E-state index in [1.54, 1.807) is 0 Å². The second-order valence-electron chi connectivity index (χ2n) is 7.58. The molecule has 2 aromatic heterocycles. The smallest absolute Gasteiger partial charge is 0.228 e. The van der Waals surface area contributed by atoms with Gasteiger partial charge in [0.05, 0.1) is 6.54 Å². The third-order valence-corrected chi connectivity index (χ3v) is 5.38. The molecule has 29 heavy (non-hydrogen) atoms. The lowest BCUT2D eigenvalue weighted by molar-refractivity contribution is -0.121. The monoisotopic (exact) mass is 390 g/mol. The Morgan fingerprint density at radius 1 is 1.17 bits per heavy atom. The first-order valence-electron chi connectivity index (χ1n) is 9.99. The second kappa shape index (κ2) is 8.53. The van der Waals surface area contributed by atoms with Crippen molar-refractivity contribution in [2.75, 3.05) is 18.4 Å². The second-order valence-corrected chi connectivity index (χ2v) is 7.58. The molecule has 0 saturated carbocycles. The number of amides is 1. The minimum absolute atomic E-state index is 0.00284. The maximum Gasteiger partial charge on any atom is 0.228 e. The number of hydrogen-bond donors (Lipinski definition) is 1. The van der Waals surface area contributed by atoms with Crippen LogP contribution in [0.15, 0.2) is 48.8 Å². The molecule has 3 heterocycles. The third kappa shape index (κ3) is 4.68. The summed E-state index contributed by atoms with van der Waals surface area (Å²) in [6.07, 6.45) is 5.46. The van der Waals surface area contributed by atoms with Gasteiger partial charge in [0.25, 0.3) is 0 Å². The molecule has 7 nitrogen and oxygen atoms in total. The van der Waals surface area contributed by atoms with Gasteiger partial charge in [-0.2, -0.15) is 0 Å². The first-order valence-corrected chi connectivity index (χ1v) is 9.99. The number of nitrogens with one attached hydrogen (secondary N) is 1. The molecule has 4 rings (SSSR count). The van der Waals surface area contributed by atoms with Crippen molar-refractivity contribution in [2.45, 2.75) is 26.3 Å². The van der Waals surface area contributed by atoms with Crippen LogP contribution in [0.2, 0.25) is 0 Å². The van der Waals surface area contributed by atoms with Crippen molar-refractivity contribution in [2.24, 2.45) is 13.0 Å². The van der Waals surface area contributed by atoms with Gasteiger partial charge in [0.15, 0.2) is 5.82 Å². The highest BCUT2D eigenvalue weighted by atomic mass is 16.1. The molecule has 1 N–H and O–H groups in total.